The van der Waals surface area contributed by atoms with Crippen LogP contribution in [0.3, 0.4) is 0 Å². The average molecular weight is 277 g/mol. The molecule has 0 aromatic heterocycles. The molecule has 0 aliphatic rings. The van der Waals surface area contributed by atoms with Gasteiger partial charge >= 0.3 is 11.5 Å². The highest BCUT2D eigenvalue weighted by atomic mass is 35.5. The zero-order valence-corrected chi connectivity index (χ0v) is 12.7. The monoisotopic (exact) mass is 276 g/mol. The van der Waals surface area contributed by atoms with E-state index in [2.05, 4.69) is 7.85 Å². The summed E-state index contributed by atoms with van der Waals surface area (Å²) in [6.07, 6.45) is -0.414. The van der Waals surface area contributed by atoms with Crippen LogP contribution in [0.5, 0.6) is 0 Å². The minimum absolute atomic E-state index is 0.373. The number of amides is 2. The Morgan fingerprint density at radius 3 is 1.83 bits per heavy atom. The van der Waals surface area contributed by atoms with Crippen molar-refractivity contribution in [2.24, 2.45) is 0 Å². The predicted octanol–water partition coefficient (Wildman–Crippen LogP) is 2.35. The van der Waals surface area contributed by atoms with E-state index >= 15 is 0 Å². The van der Waals surface area contributed by atoms with Crippen LogP contribution in [0, 0.1) is 0 Å². The minimum atomic E-state index is -0.544. The van der Waals surface area contributed by atoms with Crippen molar-refractivity contribution in [3.63, 3.8) is 0 Å². The molecule has 0 aliphatic heterocycles. The van der Waals surface area contributed by atoms with E-state index < -0.39 is 17.1 Å². The summed E-state index contributed by atoms with van der Waals surface area (Å²) in [6, 6.07) is 0. The largest absolute Gasteiger partial charge is 0.444 e. The van der Waals surface area contributed by atoms with Gasteiger partial charge in [0.05, 0.1) is 7.85 Å². The number of rotatable bonds is 3. The van der Waals surface area contributed by atoms with Crippen molar-refractivity contribution in [1.82, 2.24) is 9.80 Å². The van der Waals surface area contributed by atoms with Crippen LogP contribution in [-0.2, 0) is 4.74 Å². The standard InChI is InChI=1S/C10H19ClN2O3.CH3B/c1-10(2,3)16-9(15)13(5)7-6-12(4)8(11)14;1-2/h6-7H2,1-5H3;1H3. The number of halogens is 1. The number of hydrogen-bond donors (Lipinski definition) is 0. The number of hydrogen-bond acceptors (Lipinski definition) is 3. The van der Waals surface area contributed by atoms with E-state index in [1.54, 1.807) is 34.9 Å². The molecule has 104 valence electrons. The molecule has 0 aromatic rings. The Morgan fingerprint density at radius 1 is 1.11 bits per heavy atom. The lowest BCUT2D eigenvalue weighted by Gasteiger charge is -2.25. The minimum Gasteiger partial charge on any atom is -0.444 e. The maximum atomic E-state index is 11.5. The number of carbonyl (C=O) groups excluding carboxylic acids is 2. The van der Waals surface area contributed by atoms with Crippen LogP contribution in [-0.4, -0.2) is 61.9 Å². The smallest absolute Gasteiger partial charge is 0.410 e. The molecular formula is C11H22BClN2O3. The van der Waals surface area contributed by atoms with Crippen molar-refractivity contribution in [1.29, 1.82) is 0 Å². The Kier molecular flexibility index (Phi) is 9.81. The van der Waals surface area contributed by atoms with Gasteiger partial charge < -0.3 is 14.5 Å². The first-order chi connectivity index (χ1) is 8.13. The van der Waals surface area contributed by atoms with Gasteiger partial charge in [-0.25, -0.2) is 4.79 Å². The van der Waals surface area contributed by atoms with E-state index in [-0.39, 0.29) is 0 Å². The van der Waals surface area contributed by atoms with Crippen LogP contribution in [0.4, 0.5) is 9.59 Å². The summed E-state index contributed by atoms with van der Waals surface area (Å²) in [5.74, 6) is 0. The van der Waals surface area contributed by atoms with Crippen LogP contribution >= 0.6 is 11.6 Å². The number of nitrogens with zero attached hydrogens (tertiary/aromatic N) is 2. The maximum Gasteiger partial charge on any atom is 0.410 e. The van der Waals surface area contributed by atoms with Crippen molar-refractivity contribution >= 4 is 30.9 Å². The second-order valence-corrected chi connectivity index (χ2v) is 4.90. The third kappa shape index (κ3) is 10.3. The van der Waals surface area contributed by atoms with E-state index in [9.17, 15) is 9.59 Å². The Morgan fingerprint density at radius 2 is 1.50 bits per heavy atom. The highest BCUT2D eigenvalue weighted by molar-refractivity contribution is 6.62. The van der Waals surface area contributed by atoms with Crippen LogP contribution in [0.25, 0.3) is 0 Å². The van der Waals surface area contributed by atoms with E-state index in [4.69, 9.17) is 16.3 Å². The van der Waals surface area contributed by atoms with Gasteiger partial charge in [-0.15, -0.1) is 0 Å². The molecule has 0 spiro atoms. The molecule has 18 heavy (non-hydrogen) atoms. The molecule has 0 saturated heterocycles. The third-order valence-electron chi connectivity index (χ3n) is 1.78. The van der Waals surface area contributed by atoms with Gasteiger partial charge in [-0.2, -0.15) is 0 Å². The van der Waals surface area contributed by atoms with E-state index in [0.29, 0.717) is 13.1 Å². The fourth-order valence-electron chi connectivity index (χ4n) is 0.819. The van der Waals surface area contributed by atoms with Crippen molar-refractivity contribution in [2.45, 2.75) is 33.2 Å². The fraction of sp³-hybridized carbons (Fsp3) is 0.818. The second-order valence-electron chi connectivity index (χ2n) is 4.58. The quantitative estimate of drug-likeness (QED) is 0.452. The molecule has 0 aromatic carbocycles. The first kappa shape index (κ1) is 19.4. The lowest BCUT2D eigenvalue weighted by Crippen LogP contribution is -2.38. The molecule has 0 rings (SSSR count). The molecule has 0 atom stereocenters. The highest BCUT2D eigenvalue weighted by Gasteiger charge is 2.19. The second kappa shape index (κ2) is 9.08. The van der Waals surface area contributed by atoms with Crippen LogP contribution < -0.4 is 0 Å². The first-order valence-electron chi connectivity index (χ1n) is 5.56. The van der Waals surface area contributed by atoms with Gasteiger partial charge in [0, 0.05) is 27.2 Å². The Balaban J connectivity index is 0. The highest BCUT2D eigenvalue weighted by Crippen LogP contribution is 2.08. The van der Waals surface area contributed by atoms with E-state index in [0.717, 1.165) is 0 Å². The van der Waals surface area contributed by atoms with Crippen molar-refractivity contribution in [3.05, 3.63) is 0 Å². The summed E-state index contributed by atoms with van der Waals surface area (Å²) in [7, 11) is 7.68. The molecule has 0 heterocycles. The summed E-state index contributed by atoms with van der Waals surface area (Å²) in [5, 5.41) is -0.544. The molecule has 0 bridgehead atoms. The summed E-state index contributed by atoms with van der Waals surface area (Å²) < 4.78 is 5.14. The van der Waals surface area contributed by atoms with Gasteiger partial charge in [-0.05, 0) is 32.4 Å². The van der Waals surface area contributed by atoms with E-state index in [1.165, 1.54) is 16.6 Å². The van der Waals surface area contributed by atoms with Gasteiger partial charge in [0.2, 0.25) is 0 Å². The number of likely N-dealkylation sites (N-methyl/N-ethyl adjacent to an activating group) is 2. The normalized spacial score (nSPS) is 9.94. The van der Waals surface area contributed by atoms with Crippen molar-refractivity contribution in [2.75, 3.05) is 27.2 Å². The molecule has 5 nitrogen and oxygen atoms in total. The maximum absolute atomic E-state index is 11.5. The molecule has 0 saturated carbocycles. The summed E-state index contributed by atoms with van der Waals surface area (Å²) in [4.78, 5) is 24.9. The lowest BCUT2D eigenvalue weighted by molar-refractivity contribution is 0.0292. The van der Waals surface area contributed by atoms with Gasteiger partial charge in [0.15, 0.2) is 0 Å². The topological polar surface area (TPSA) is 49.9 Å². The van der Waals surface area contributed by atoms with Gasteiger partial charge in [0.1, 0.15) is 5.60 Å². The molecule has 2 amide bonds. The predicted molar refractivity (Wildman–Crippen MR) is 74.4 cm³/mol. The molecule has 7 heteroatoms. The molecule has 0 unspecified atom stereocenters. The number of ether oxygens (including phenoxy) is 1. The molecule has 2 radical (unpaired) electrons. The number of carbonyl (C=O) groups is 2. The third-order valence-corrected chi connectivity index (χ3v) is 2.06. The zero-order valence-electron chi connectivity index (χ0n) is 12.0. The summed E-state index contributed by atoms with van der Waals surface area (Å²) >= 11 is 5.25. The van der Waals surface area contributed by atoms with Gasteiger partial charge in [0.25, 0.3) is 0 Å². The molecule has 0 aliphatic carbocycles. The zero-order chi connectivity index (χ0) is 14.9. The van der Waals surface area contributed by atoms with Crippen LogP contribution in [0.1, 0.15) is 20.8 Å². The molecule has 0 N–H and O–H groups in total. The Bertz CT molecular complexity index is 270. The average Bonchev–Trinajstić information content (AvgIpc) is 2.25. The SMILES string of the molecule is CN(CCN(C)C(=O)OC(C)(C)C)C(=O)Cl.[B]C. The van der Waals surface area contributed by atoms with Gasteiger partial charge in [-0.1, -0.05) is 6.82 Å². The van der Waals surface area contributed by atoms with Crippen molar-refractivity contribution in [3.8, 4) is 0 Å². The fourth-order valence-corrected chi connectivity index (χ4v) is 0.904. The Hall–Kier alpha value is -0.905. The van der Waals surface area contributed by atoms with Gasteiger partial charge in [-0.3, -0.25) is 4.79 Å². The summed E-state index contributed by atoms with van der Waals surface area (Å²) in [5.41, 5.74) is -0.514. The lowest BCUT2D eigenvalue weighted by atomic mass is 10.2. The molecular weight excluding hydrogens is 254 g/mol. The first-order valence-corrected chi connectivity index (χ1v) is 5.93. The van der Waals surface area contributed by atoms with E-state index in [1.807, 2.05) is 0 Å². The Labute approximate surface area is 116 Å². The molecule has 0 fully saturated rings. The van der Waals surface area contributed by atoms with Crippen LogP contribution in [0.15, 0.2) is 0 Å². The summed E-state index contributed by atoms with van der Waals surface area (Å²) in [6.45, 7) is 7.65. The van der Waals surface area contributed by atoms with Crippen molar-refractivity contribution < 1.29 is 14.3 Å². The van der Waals surface area contributed by atoms with Crippen LogP contribution in [0.2, 0.25) is 6.82 Å².